The van der Waals surface area contributed by atoms with Crippen LogP contribution in [0.1, 0.15) is 16.7 Å². The third kappa shape index (κ3) is 2.98. The highest BCUT2D eigenvalue weighted by Crippen LogP contribution is 2.49. The highest BCUT2D eigenvalue weighted by atomic mass is 32.2. The Morgan fingerprint density at radius 2 is 1.00 bits per heavy atom. The molecule has 1 N–H and O–H groups in total. The predicted molar refractivity (Wildman–Crippen MR) is 95.8 cm³/mol. The van der Waals surface area contributed by atoms with Crippen LogP contribution in [0.15, 0.2) is 84.9 Å². The van der Waals surface area contributed by atoms with E-state index in [-0.39, 0.29) is 22.4 Å². The fourth-order valence-corrected chi connectivity index (χ4v) is 4.87. The van der Waals surface area contributed by atoms with Crippen LogP contribution in [0.3, 0.4) is 0 Å². The van der Waals surface area contributed by atoms with Gasteiger partial charge < -0.3 is 5.11 Å². The number of halogens is 3. The SMILES string of the molecule is O=S(=O)(C(F)(F)F)C(c1ccccc1)(c1ccccc1)c1ccc(O)cc1. The summed E-state index contributed by atoms with van der Waals surface area (Å²) in [4.78, 5) is 0. The van der Waals surface area contributed by atoms with Gasteiger partial charge in [0.15, 0.2) is 4.75 Å². The van der Waals surface area contributed by atoms with Gasteiger partial charge in [0.25, 0.3) is 9.84 Å². The molecule has 0 saturated heterocycles. The van der Waals surface area contributed by atoms with Gasteiger partial charge in [0.1, 0.15) is 5.75 Å². The molecule has 0 heterocycles. The van der Waals surface area contributed by atoms with E-state index in [2.05, 4.69) is 0 Å². The summed E-state index contributed by atoms with van der Waals surface area (Å²) < 4.78 is 64.9. The van der Waals surface area contributed by atoms with Gasteiger partial charge in [-0.3, -0.25) is 0 Å². The number of sulfone groups is 1. The van der Waals surface area contributed by atoms with Crippen molar-refractivity contribution < 1.29 is 26.7 Å². The van der Waals surface area contributed by atoms with E-state index in [1.54, 1.807) is 12.1 Å². The van der Waals surface area contributed by atoms with Crippen molar-refractivity contribution in [3.63, 3.8) is 0 Å². The number of hydrogen-bond donors (Lipinski definition) is 1. The van der Waals surface area contributed by atoms with Crippen molar-refractivity contribution in [2.24, 2.45) is 0 Å². The number of benzene rings is 3. The third-order valence-corrected chi connectivity index (χ3v) is 6.46. The Hall–Kier alpha value is -2.80. The van der Waals surface area contributed by atoms with Crippen LogP contribution in [0.4, 0.5) is 13.2 Å². The van der Waals surface area contributed by atoms with Crippen molar-refractivity contribution in [3.8, 4) is 5.75 Å². The maximum Gasteiger partial charge on any atom is 0.498 e. The summed E-state index contributed by atoms with van der Waals surface area (Å²) in [5.41, 5.74) is -5.70. The Labute approximate surface area is 154 Å². The Morgan fingerprint density at radius 3 is 1.37 bits per heavy atom. The smallest absolute Gasteiger partial charge is 0.498 e. The first-order chi connectivity index (χ1) is 12.7. The highest BCUT2D eigenvalue weighted by Gasteiger charge is 2.62. The molecule has 3 aromatic rings. The molecule has 0 amide bonds. The molecule has 0 fully saturated rings. The lowest BCUT2D eigenvalue weighted by Gasteiger charge is -2.35. The second kappa shape index (κ2) is 6.74. The zero-order valence-electron chi connectivity index (χ0n) is 13.9. The van der Waals surface area contributed by atoms with E-state index in [1.165, 1.54) is 72.8 Å². The molecular weight excluding hydrogens is 377 g/mol. The van der Waals surface area contributed by atoms with Crippen molar-refractivity contribution in [1.82, 2.24) is 0 Å². The van der Waals surface area contributed by atoms with E-state index in [4.69, 9.17) is 0 Å². The van der Waals surface area contributed by atoms with E-state index in [0.717, 1.165) is 0 Å². The molecule has 0 atom stereocenters. The predicted octanol–water partition coefficient (Wildman–Crippen LogP) is 4.62. The van der Waals surface area contributed by atoms with Gasteiger partial charge in [-0.05, 0) is 28.8 Å². The molecule has 0 aromatic heterocycles. The van der Waals surface area contributed by atoms with Gasteiger partial charge in [-0.2, -0.15) is 13.2 Å². The number of rotatable bonds is 4. The average molecular weight is 392 g/mol. The van der Waals surface area contributed by atoms with Crippen molar-refractivity contribution in [2.75, 3.05) is 0 Å². The Morgan fingerprint density at radius 1 is 0.630 bits per heavy atom. The Balaban J connectivity index is 2.53. The standard InChI is InChI=1S/C20H15F3O3S/c21-20(22,23)27(25,26)19(15-7-3-1-4-8-15,16-9-5-2-6-10-16)17-11-13-18(24)14-12-17/h1-14,24H. The number of hydrogen-bond acceptors (Lipinski definition) is 3. The molecule has 140 valence electrons. The molecule has 0 aliphatic carbocycles. The lowest BCUT2D eigenvalue weighted by molar-refractivity contribution is -0.0451. The lowest BCUT2D eigenvalue weighted by atomic mass is 9.84. The topological polar surface area (TPSA) is 54.4 Å². The van der Waals surface area contributed by atoms with Crippen LogP contribution < -0.4 is 0 Å². The molecule has 3 nitrogen and oxygen atoms in total. The van der Waals surface area contributed by atoms with Gasteiger partial charge in [0.2, 0.25) is 0 Å². The number of alkyl halides is 3. The monoisotopic (exact) mass is 392 g/mol. The molecule has 0 saturated carbocycles. The van der Waals surface area contributed by atoms with Gasteiger partial charge in [0.05, 0.1) is 0 Å². The van der Waals surface area contributed by atoms with Gasteiger partial charge >= 0.3 is 5.51 Å². The molecule has 0 unspecified atom stereocenters. The molecule has 0 aliphatic rings. The van der Waals surface area contributed by atoms with E-state index in [9.17, 15) is 26.7 Å². The lowest BCUT2D eigenvalue weighted by Crippen LogP contribution is -2.45. The molecule has 3 rings (SSSR count). The summed E-state index contributed by atoms with van der Waals surface area (Å²) in [6.45, 7) is 0. The zero-order chi connectivity index (χ0) is 19.7. The highest BCUT2D eigenvalue weighted by molar-refractivity contribution is 7.93. The summed E-state index contributed by atoms with van der Waals surface area (Å²) in [7, 11) is -5.75. The van der Waals surface area contributed by atoms with E-state index < -0.39 is 20.1 Å². The van der Waals surface area contributed by atoms with Crippen molar-refractivity contribution in [2.45, 2.75) is 10.3 Å². The van der Waals surface area contributed by atoms with Crippen LogP contribution in [-0.4, -0.2) is 19.0 Å². The van der Waals surface area contributed by atoms with Crippen molar-refractivity contribution >= 4 is 9.84 Å². The van der Waals surface area contributed by atoms with Gasteiger partial charge in [-0.1, -0.05) is 72.8 Å². The first kappa shape index (κ1) is 19.0. The minimum Gasteiger partial charge on any atom is -0.508 e. The first-order valence-corrected chi connectivity index (χ1v) is 9.41. The second-order valence-corrected chi connectivity index (χ2v) is 7.99. The normalized spacial score (nSPS) is 12.7. The zero-order valence-corrected chi connectivity index (χ0v) is 14.7. The fourth-order valence-electron chi connectivity index (χ4n) is 3.18. The number of aromatic hydroxyl groups is 1. The van der Waals surface area contributed by atoms with Crippen LogP contribution in [0.25, 0.3) is 0 Å². The van der Waals surface area contributed by atoms with Gasteiger partial charge in [-0.15, -0.1) is 0 Å². The van der Waals surface area contributed by atoms with Crippen LogP contribution in [0.2, 0.25) is 0 Å². The third-order valence-electron chi connectivity index (χ3n) is 4.34. The minimum absolute atomic E-state index is 0.0424. The Bertz CT molecular complexity index is 974. The van der Waals surface area contributed by atoms with Crippen LogP contribution in [0, 0.1) is 0 Å². The average Bonchev–Trinajstić information content (AvgIpc) is 2.64. The number of phenolic OH excluding ortho intramolecular Hbond substituents is 1. The summed E-state index contributed by atoms with van der Waals surface area (Å²) in [6, 6.07) is 19.3. The summed E-state index contributed by atoms with van der Waals surface area (Å²) in [5, 5.41) is 9.55. The maximum absolute atomic E-state index is 13.8. The molecule has 0 spiro atoms. The molecule has 3 aromatic carbocycles. The van der Waals surface area contributed by atoms with Crippen molar-refractivity contribution in [1.29, 1.82) is 0 Å². The van der Waals surface area contributed by atoms with E-state index >= 15 is 0 Å². The largest absolute Gasteiger partial charge is 0.508 e. The van der Waals surface area contributed by atoms with Crippen LogP contribution in [0.5, 0.6) is 5.75 Å². The van der Waals surface area contributed by atoms with E-state index in [0.29, 0.717) is 0 Å². The summed E-state index contributed by atoms with van der Waals surface area (Å²) in [5.74, 6) is -0.182. The van der Waals surface area contributed by atoms with Crippen LogP contribution in [-0.2, 0) is 14.6 Å². The van der Waals surface area contributed by atoms with Gasteiger partial charge in [-0.25, -0.2) is 8.42 Å². The molecule has 0 bridgehead atoms. The van der Waals surface area contributed by atoms with Crippen LogP contribution >= 0.6 is 0 Å². The molecule has 0 aliphatic heterocycles. The molecular formula is C20H15F3O3S. The molecule has 0 radical (unpaired) electrons. The van der Waals surface area contributed by atoms with Gasteiger partial charge in [0, 0.05) is 0 Å². The second-order valence-electron chi connectivity index (χ2n) is 5.91. The van der Waals surface area contributed by atoms with Crippen molar-refractivity contribution in [3.05, 3.63) is 102 Å². The minimum atomic E-state index is -5.75. The molecule has 27 heavy (non-hydrogen) atoms. The summed E-state index contributed by atoms with van der Waals surface area (Å²) >= 11 is 0. The number of phenols is 1. The maximum atomic E-state index is 13.8. The van der Waals surface area contributed by atoms with E-state index in [1.807, 2.05) is 0 Å². The first-order valence-electron chi connectivity index (χ1n) is 7.92. The fraction of sp³-hybridized carbons (Fsp3) is 0.100. The summed E-state index contributed by atoms with van der Waals surface area (Å²) in [6.07, 6.45) is 0. The molecule has 7 heteroatoms. The Kier molecular flexibility index (Phi) is 4.73. The quantitative estimate of drug-likeness (QED) is 0.660.